The maximum Gasteiger partial charge on any atom is 0.416 e. The largest absolute Gasteiger partial charge is 0.469 e. The Kier molecular flexibility index (Phi) is 6.52. The van der Waals surface area contributed by atoms with Crippen molar-refractivity contribution in [3.05, 3.63) is 88.4 Å². The highest BCUT2D eigenvalue weighted by atomic mass is 19.4. The van der Waals surface area contributed by atoms with Crippen LogP contribution in [-0.2, 0) is 18.9 Å². The number of carbonyl (C=O) groups is 1. The number of rotatable bonds is 5. The van der Waals surface area contributed by atoms with Gasteiger partial charge in [0, 0.05) is 17.8 Å². The number of amidine groups is 1. The first-order chi connectivity index (χ1) is 15.4. The fourth-order valence-corrected chi connectivity index (χ4v) is 2.93. The topological polar surface area (TPSA) is 80.6 Å². The van der Waals surface area contributed by atoms with Gasteiger partial charge in [0.1, 0.15) is 11.6 Å². The Morgan fingerprint density at radius 3 is 2.09 bits per heavy atom. The summed E-state index contributed by atoms with van der Waals surface area (Å²) < 4.78 is 82.8. The van der Waals surface area contributed by atoms with Crippen molar-refractivity contribution < 1.29 is 35.6 Å². The number of furan rings is 1. The quantitative estimate of drug-likeness (QED) is 0.282. The van der Waals surface area contributed by atoms with Crippen LogP contribution in [-0.4, -0.2) is 11.7 Å². The van der Waals surface area contributed by atoms with E-state index in [2.05, 4.69) is 10.3 Å². The van der Waals surface area contributed by atoms with E-state index in [0.29, 0.717) is 5.56 Å². The van der Waals surface area contributed by atoms with Gasteiger partial charge in [-0.05, 0) is 48.9 Å². The highest BCUT2D eigenvalue weighted by Crippen LogP contribution is 2.32. The maximum absolute atomic E-state index is 13.2. The van der Waals surface area contributed by atoms with Crippen molar-refractivity contribution in [1.29, 1.82) is 0 Å². The molecule has 11 heteroatoms. The van der Waals surface area contributed by atoms with Gasteiger partial charge in [0.2, 0.25) is 0 Å². The molecule has 0 aliphatic rings. The molecule has 5 nitrogen and oxygen atoms in total. The minimum Gasteiger partial charge on any atom is -0.469 e. The summed E-state index contributed by atoms with van der Waals surface area (Å²) in [7, 11) is 0. The number of benzene rings is 2. The molecule has 33 heavy (non-hydrogen) atoms. The summed E-state index contributed by atoms with van der Waals surface area (Å²) in [6.07, 6.45) is -7.90. The number of alkyl halides is 6. The third-order valence-electron chi connectivity index (χ3n) is 4.70. The molecule has 0 aliphatic heterocycles. The van der Waals surface area contributed by atoms with E-state index >= 15 is 0 Å². The van der Waals surface area contributed by atoms with E-state index in [1.165, 1.54) is 31.4 Å². The molecular formula is C22H17F6N3O2. The van der Waals surface area contributed by atoms with Gasteiger partial charge < -0.3 is 15.5 Å². The molecular weight excluding hydrogens is 452 g/mol. The van der Waals surface area contributed by atoms with E-state index < -0.39 is 35.2 Å². The fraction of sp³-hybridized carbons (Fsp3) is 0.182. The minimum atomic E-state index is -4.67. The number of aryl methyl sites for hydroxylation is 1. The number of carbonyl (C=O) groups excluding carboxylic acids is 1. The number of nitrogens with zero attached hydrogens (tertiary/aromatic N) is 1. The molecule has 174 valence electrons. The van der Waals surface area contributed by atoms with Crippen molar-refractivity contribution >= 4 is 17.4 Å². The average molecular weight is 469 g/mol. The normalized spacial score (nSPS) is 12.6. The average Bonchev–Trinajstić information content (AvgIpc) is 3.17. The van der Waals surface area contributed by atoms with Gasteiger partial charge in [0.05, 0.1) is 23.0 Å². The zero-order valence-corrected chi connectivity index (χ0v) is 17.0. The second-order valence-electron chi connectivity index (χ2n) is 7.00. The van der Waals surface area contributed by atoms with Crippen LogP contribution in [0.3, 0.4) is 0 Å². The highest BCUT2D eigenvalue weighted by molar-refractivity contribution is 6.11. The summed E-state index contributed by atoms with van der Waals surface area (Å²) >= 11 is 0. The van der Waals surface area contributed by atoms with E-state index in [4.69, 9.17) is 10.2 Å². The lowest BCUT2D eigenvalue weighted by molar-refractivity contribution is -0.138. The Bertz CT molecular complexity index is 1180. The molecule has 0 aliphatic carbocycles. The van der Waals surface area contributed by atoms with E-state index in [-0.39, 0.29) is 29.1 Å². The molecule has 0 unspecified atom stereocenters. The van der Waals surface area contributed by atoms with Crippen LogP contribution in [0.2, 0.25) is 0 Å². The number of anilines is 1. The fourth-order valence-electron chi connectivity index (χ4n) is 2.93. The number of nitrogens with two attached hydrogens (primary N) is 1. The number of hydrogen-bond donors (Lipinski definition) is 2. The number of halogens is 6. The molecule has 0 fully saturated rings. The minimum absolute atomic E-state index is 0.0153. The lowest BCUT2D eigenvalue weighted by Crippen LogP contribution is -2.20. The molecule has 0 saturated heterocycles. The number of nitrogens with one attached hydrogen (secondary N) is 1. The van der Waals surface area contributed by atoms with Crippen LogP contribution in [0.5, 0.6) is 0 Å². The smallest absolute Gasteiger partial charge is 0.416 e. The van der Waals surface area contributed by atoms with E-state index in [1.807, 2.05) is 0 Å². The molecule has 0 saturated carbocycles. The standard InChI is InChI=1S/C22H17F6N3O2/c1-12-16(8-9-33-12)20(32)31-19(29)17-10-15(22(26,27)28)6-7-18(17)30-11-13-2-4-14(5-3-13)21(23,24)25/h2-10,30H,11H2,1H3,(H2,29,31,32). The second-order valence-corrected chi connectivity index (χ2v) is 7.00. The van der Waals surface area contributed by atoms with Gasteiger partial charge in [-0.3, -0.25) is 4.79 Å². The molecule has 1 amide bonds. The zero-order chi connectivity index (χ0) is 24.4. The lowest BCUT2D eigenvalue weighted by atomic mass is 10.1. The van der Waals surface area contributed by atoms with E-state index in [1.54, 1.807) is 0 Å². The molecule has 3 N–H and O–H groups in total. The van der Waals surface area contributed by atoms with Gasteiger partial charge in [0.25, 0.3) is 5.91 Å². The van der Waals surface area contributed by atoms with Crippen LogP contribution in [0, 0.1) is 6.92 Å². The molecule has 3 rings (SSSR count). The molecule has 0 atom stereocenters. The lowest BCUT2D eigenvalue weighted by Gasteiger charge is -2.15. The molecule has 1 heterocycles. The number of hydrogen-bond acceptors (Lipinski definition) is 3. The van der Waals surface area contributed by atoms with Gasteiger partial charge >= 0.3 is 12.4 Å². The Balaban J connectivity index is 1.90. The van der Waals surface area contributed by atoms with Crippen molar-refractivity contribution in [1.82, 2.24) is 0 Å². The molecule has 0 bridgehead atoms. The predicted molar refractivity (Wildman–Crippen MR) is 109 cm³/mol. The zero-order valence-electron chi connectivity index (χ0n) is 17.0. The Labute approximate surface area is 183 Å². The molecule has 3 aromatic rings. The van der Waals surface area contributed by atoms with Crippen molar-refractivity contribution in [2.24, 2.45) is 10.7 Å². The van der Waals surface area contributed by atoms with Crippen molar-refractivity contribution in [2.45, 2.75) is 25.8 Å². The van der Waals surface area contributed by atoms with Crippen molar-refractivity contribution in [3.63, 3.8) is 0 Å². The molecule has 0 radical (unpaired) electrons. The monoisotopic (exact) mass is 469 g/mol. The summed E-state index contributed by atoms with van der Waals surface area (Å²) in [5.41, 5.74) is 4.49. The van der Waals surface area contributed by atoms with Crippen LogP contribution < -0.4 is 11.1 Å². The number of aliphatic imine (C=N–C) groups is 1. The second kappa shape index (κ2) is 9.00. The third kappa shape index (κ3) is 5.73. The van der Waals surface area contributed by atoms with Crippen LogP contribution >= 0.6 is 0 Å². The Morgan fingerprint density at radius 1 is 0.939 bits per heavy atom. The van der Waals surface area contributed by atoms with Crippen LogP contribution in [0.4, 0.5) is 32.0 Å². The first-order valence-corrected chi connectivity index (χ1v) is 9.40. The van der Waals surface area contributed by atoms with Gasteiger partial charge in [-0.1, -0.05) is 12.1 Å². The SMILES string of the molecule is Cc1occc1C(=O)N=C(N)c1cc(C(F)(F)F)ccc1NCc1ccc(C(F)(F)F)cc1. The summed E-state index contributed by atoms with van der Waals surface area (Å²) in [5, 5.41) is 2.83. The predicted octanol–water partition coefficient (Wildman–Crippen LogP) is 5.78. The van der Waals surface area contributed by atoms with Crippen LogP contribution in [0.1, 0.15) is 38.4 Å². The summed E-state index contributed by atoms with van der Waals surface area (Å²) in [6, 6.07) is 8.28. The van der Waals surface area contributed by atoms with Crippen molar-refractivity contribution in [3.8, 4) is 0 Å². The van der Waals surface area contributed by atoms with E-state index in [0.717, 1.165) is 30.3 Å². The Hall–Kier alpha value is -3.76. The van der Waals surface area contributed by atoms with Gasteiger partial charge in [-0.15, -0.1) is 0 Å². The molecule has 1 aromatic heterocycles. The summed E-state index contributed by atoms with van der Waals surface area (Å²) in [6.45, 7) is 1.50. The Morgan fingerprint density at radius 2 is 1.55 bits per heavy atom. The highest BCUT2D eigenvalue weighted by Gasteiger charge is 2.32. The first kappa shape index (κ1) is 23.9. The van der Waals surface area contributed by atoms with Crippen LogP contribution in [0.25, 0.3) is 0 Å². The maximum atomic E-state index is 13.2. The van der Waals surface area contributed by atoms with Crippen LogP contribution in [0.15, 0.2) is 64.2 Å². The molecule has 2 aromatic carbocycles. The number of amides is 1. The van der Waals surface area contributed by atoms with Gasteiger partial charge in [-0.2, -0.15) is 31.3 Å². The van der Waals surface area contributed by atoms with Crippen molar-refractivity contribution in [2.75, 3.05) is 5.32 Å². The first-order valence-electron chi connectivity index (χ1n) is 9.40. The molecule has 0 spiro atoms. The summed E-state index contributed by atoms with van der Waals surface area (Å²) in [5.74, 6) is -1.01. The van der Waals surface area contributed by atoms with Gasteiger partial charge in [-0.25, -0.2) is 0 Å². The van der Waals surface area contributed by atoms with E-state index in [9.17, 15) is 31.1 Å². The third-order valence-corrected chi connectivity index (χ3v) is 4.70. The summed E-state index contributed by atoms with van der Waals surface area (Å²) in [4.78, 5) is 16.0. The van der Waals surface area contributed by atoms with Gasteiger partial charge in [0.15, 0.2) is 0 Å².